The number of piperazine rings is 1. The van der Waals surface area contributed by atoms with Crippen LogP contribution in [-0.4, -0.2) is 76.5 Å². The number of carbonyl (C=O) groups excluding carboxylic acids is 1. The molecular weight excluding hydrogens is 352 g/mol. The molecule has 2 heterocycles. The molecule has 0 saturated carbocycles. The minimum Gasteiger partial charge on any atom is -0.385 e. The zero-order valence-corrected chi connectivity index (χ0v) is 16.1. The van der Waals surface area contributed by atoms with E-state index in [-0.39, 0.29) is 23.5 Å². The second-order valence-electron chi connectivity index (χ2n) is 7.18. The van der Waals surface area contributed by atoms with Crippen molar-refractivity contribution in [3.8, 4) is 0 Å². The molecule has 2 aliphatic rings. The predicted octanol–water partition coefficient (Wildman–Crippen LogP) is 0.544. The van der Waals surface area contributed by atoms with E-state index in [2.05, 4.69) is 39.6 Å². The van der Waals surface area contributed by atoms with E-state index in [1.54, 1.807) is 0 Å². The Hall–Kier alpha value is -1.80. The third-order valence-electron chi connectivity index (χ3n) is 5.01. The van der Waals surface area contributed by atoms with Gasteiger partial charge in [-0.15, -0.1) is 0 Å². The smallest absolute Gasteiger partial charge is 0.222 e. The fourth-order valence-corrected chi connectivity index (χ4v) is 5.06. The molecule has 3 rings (SSSR count). The maximum Gasteiger partial charge on any atom is 0.222 e. The van der Waals surface area contributed by atoms with Crippen LogP contribution in [0.1, 0.15) is 12.8 Å². The summed E-state index contributed by atoms with van der Waals surface area (Å²) in [7, 11) is -0.813. The van der Waals surface area contributed by atoms with Gasteiger partial charge in [-0.1, -0.05) is 0 Å². The average molecular weight is 381 g/mol. The largest absolute Gasteiger partial charge is 0.385 e. The van der Waals surface area contributed by atoms with E-state index in [0.717, 1.165) is 31.9 Å². The van der Waals surface area contributed by atoms with Crippen molar-refractivity contribution in [1.82, 2.24) is 10.2 Å². The van der Waals surface area contributed by atoms with Gasteiger partial charge in [-0.25, -0.2) is 8.42 Å². The molecule has 7 nitrogen and oxygen atoms in total. The maximum atomic E-state index is 11.9. The van der Waals surface area contributed by atoms with E-state index < -0.39 is 9.84 Å². The van der Waals surface area contributed by atoms with Crippen LogP contribution < -0.4 is 15.5 Å². The summed E-state index contributed by atoms with van der Waals surface area (Å²) in [5.41, 5.74) is 2.21. The SMILES string of the molecule is CN1CCN(c2ccc(NCCC(=O)NC3CCS(=O)(=O)C3)cc2)CC1. The van der Waals surface area contributed by atoms with Gasteiger partial charge in [-0.05, 0) is 37.7 Å². The molecular formula is C18H28N4O3S. The lowest BCUT2D eigenvalue weighted by molar-refractivity contribution is -0.121. The van der Waals surface area contributed by atoms with E-state index in [1.807, 2.05) is 12.1 Å². The summed E-state index contributed by atoms with van der Waals surface area (Å²) in [6, 6.07) is 8.06. The van der Waals surface area contributed by atoms with Crippen molar-refractivity contribution < 1.29 is 13.2 Å². The zero-order valence-electron chi connectivity index (χ0n) is 15.3. The first-order chi connectivity index (χ1) is 12.4. The quantitative estimate of drug-likeness (QED) is 0.750. The van der Waals surface area contributed by atoms with Crippen molar-refractivity contribution in [2.75, 3.05) is 61.5 Å². The number of anilines is 2. The fraction of sp³-hybridized carbons (Fsp3) is 0.611. The van der Waals surface area contributed by atoms with Gasteiger partial charge < -0.3 is 20.4 Å². The molecule has 0 aliphatic carbocycles. The van der Waals surface area contributed by atoms with E-state index in [4.69, 9.17) is 0 Å². The molecule has 1 amide bonds. The molecule has 2 saturated heterocycles. The molecule has 2 aliphatic heterocycles. The summed E-state index contributed by atoms with van der Waals surface area (Å²) in [5.74, 6) is 0.143. The van der Waals surface area contributed by atoms with Gasteiger partial charge in [0, 0.05) is 56.6 Å². The van der Waals surface area contributed by atoms with E-state index in [9.17, 15) is 13.2 Å². The molecule has 0 bridgehead atoms. The van der Waals surface area contributed by atoms with Crippen molar-refractivity contribution in [3.05, 3.63) is 24.3 Å². The molecule has 2 N–H and O–H groups in total. The van der Waals surface area contributed by atoms with Crippen LogP contribution in [0.4, 0.5) is 11.4 Å². The Balaban J connectivity index is 1.39. The lowest BCUT2D eigenvalue weighted by Gasteiger charge is -2.34. The van der Waals surface area contributed by atoms with Gasteiger partial charge in [0.15, 0.2) is 9.84 Å². The second kappa shape index (κ2) is 8.26. The van der Waals surface area contributed by atoms with Crippen LogP contribution in [0.3, 0.4) is 0 Å². The molecule has 1 aromatic rings. The van der Waals surface area contributed by atoms with Crippen LogP contribution in [0.2, 0.25) is 0 Å². The molecule has 0 radical (unpaired) electrons. The summed E-state index contributed by atoms with van der Waals surface area (Å²) < 4.78 is 22.8. The Morgan fingerprint density at radius 2 is 1.85 bits per heavy atom. The number of benzene rings is 1. The van der Waals surface area contributed by atoms with E-state index in [0.29, 0.717) is 19.4 Å². The Bertz CT molecular complexity index is 712. The van der Waals surface area contributed by atoms with Crippen molar-refractivity contribution in [1.29, 1.82) is 0 Å². The second-order valence-corrected chi connectivity index (χ2v) is 9.41. The molecule has 1 atom stereocenters. The highest BCUT2D eigenvalue weighted by Crippen LogP contribution is 2.19. The van der Waals surface area contributed by atoms with Crippen molar-refractivity contribution in [3.63, 3.8) is 0 Å². The van der Waals surface area contributed by atoms with Gasteiger partial charge in [0.2, 0.25) is 5.91 Å². The summed E-state index contributed by atoms with van der Waals surface area (Å²) in [4.78, 5) is 16.6. The lowest BCUT2D eigenvalue weighted by atomic mass is 10.2. The standard InChI is InChI=1S/C18H28N4O3S/c1-21-9-11-22(12-10-21)17-4-2-15(3-5-17)19-8-6-18(23)20-16-7-13-26(24,25)14-16/h2-5,16,19H,6-14H2,1H3,(H,20,23). The third-order valence-corrected chi connectivity index (χ3v) is 6.78. The summed E-state index contributed by atoms with van der Waals surface area (Å²) in [6.07, 6.45) is 0.853. The molecule has 0 aromatic heterocycles. The number of likely N-dealkylation sites (N-methyl/N-ethyl adjacent to an activating group) is 1. The van der Waals surface area contributed by atoms with E-state index >= 15 is 0 Å². The maximum absolute atomic E-state index is 11.9. The molecule has 26 heavy (non-hydrogen) atoms. The molecule has 1 aromatic carbocycles. The number of carbonyl (C=O) groups is 1. The molecule has 8 heteroatoms. The number of hydrogen-bond acceptors (Lipinski definition) is 6. The predicted molar refractivity (Wildman–Crippen MR) is 104 cm³/mol. The van der Waals surface area contributed by atoms with Gasteiger partial charge in [0.25, 0.3) is 0 Å². The van der Waals surface area contributed by atoms with Gasteiger partial charge >= 0.3 is 0 Å². The number of nitrogens with zero attached hydrogens (tertiary/aromatic N) is 2. The van der Waals surface area contributed by atoms with Crippen molar-refractivity contribution in [2.24, 2.45) is 0 Å². The Kier molecular flexibility index (Phi) is 6.03. The van der Waals surface area contributed by atoms with Crippen LogP contribution in [0, 0.1) is 0 Å². The monoisotopic (exact) mass is 380 g/mol. The lowest BCUT2D eigenvalue weighted by Crippen LogP contribution is -2.44. The number of amides is 1. The minimum atomic E-state index is -2.96. The van der Waals surface area contributed by atoms with Crippen molar-refractivity contribution >= 4 is 27.1 Å². The normalized spacial score (nSPS) is 23.0. The average Bonchev–Trinajstić information content (AvgIpc) is 2.95. The van der Waals surface area contributed by atoms with Crippen LogP contribution in [-0.2, 0) is 14.6 Å². The van der Waals surface area contributed by atoms with Gasteiger partial charge in [0.1, 0.15) is 0 Å². The molecule has 144 valence electrons. The summed E-state index contributed by atoms with van der Waals surface area (Å²) in [5, 5.41) is 6.06. The summed E-state index contributed by atoms with van der Waals surface area (Å²) >= 11 is 0. The highest BCUT2D eigenvalue weighted by molar-refractivity contribution is 7.91. The van der Waals surface area contributed by atoms with Gasteiger partial charge in [0.05, 0.1) is 11.5 Å². The zero-order chi connectivity index (χ0) is 18.6. The molecule has 1 unspecified atom stereocenters. The fourth-order valence-electron chi connectivity index (χ4n) is 3.38. The number of sulfone groups is 1. The Morgan fingerprint density at radius 1 is 1.15 bits per heavy atom. The highest BCUT2D eigenvalue weighted by Gasteiger charge is 2.28. The van der Waals surface area contributed by atoms with Crippen LogP contribution in [0.25, 0.3) is 0 Å². The topological polar surface area (TPSA) is 81.8 Å². The van der Waals surface area contributed by atoms with Gasteiger partial charge in [-0.2, -0.15) is 0 Å². The molecule has 0 spiro atoms. The minimum absolute atomic E-state index is 0.0694. The first-order valence-corrected chi connectivity index (χ1v) is 11.0. The van der Waals surface area contributed by atoms with Crippen LogP contribution in [0.5, 0.6) is 0 Å². The first kappa shape index (κ1) is 19.0. The third kappa shape index (κ3) is 5.35. The van der Waals surface area contributed by atoms with Crippen molar-refractivity contribution in [2.45, 2.75) is 18.9 Å². The van der Waals surface area contributed by atoms with Gasteiger partial charge in [-0.3, -0.25) is 4.79 Å². The number of nitrogens with one attached hydrogen (secondary N) is 2. The van der Waals surface area contributed by atoms with Crippen LogP contribution >= 0.6 is 0 Å². The van der Waals surface area contributed by atoms with Crippen LogP contribution in [0.15, 0.2) is 24.3 Å². The number of hydrogen-bond donors (Lipinski definition) is 2. The van der Waals surface area contributed by atoms with E-state index in [1.165, 1.54) is 5.69 Å². The number of rotatable bonds is 6. The molecule has 2 fully saturated rings. The highest BCUT2D eigenvalue weighted by atomic mass is 32.2. The Morgan fingerprint density at radius 3 is 2.46 bits per heavy atom. The Labute approximate surface area is 155 Å². The summed E-state index contributed by atoms with van der Waals surface area (Å²) in [6.45, 7) is 4.77. The first-order valence-electron chi connectivity index (χ1n) is 9.18.